The third kappa shape index (κ3) is 5.16. The highest BCUT2D eigenvalue weighted by molar-refractivity contribution is 7.14. The van der Waals surface area contributed by atoms with Crippen molar-refractivity contribution in [2.24, 2.45) is 5.10 Å². The Morgan fingerprint density at radius 1 is 1.00 bits per heavy atom. The van der Waals surface area contributed by atoms with Gasteiger partial charge in [0.1, 0.15) is 11.6 Å². The lowest BCUT2D eigenvalue weighted by atomic mass is 10.1. The molecule has 0 saturated carbocycles. The Morgan fingerprint density at radius 3 is 2.62 bits per heavy atom. The molecule has 5 aromatic rings. The molecule has 0 bridgehead atoms. The lowest BCUT2D eigenvalue weighted by Gasteiger charge is -2.01. The van der Waals surface area contributed by atoms with Crippen LogP contribution in [0, 0.1) is 5.82 Å². The van der Waals surface area contributed by atoms with Gasteiger partial charge in [-0.05, 0) is 29.8 Å². The van der Waals surface area contributed by atoms with Gasteiger partial charge in [0.25, 0.3) is 5.89 Å². The van der Waals surface area contributed by atoms with Gasteiger partial charge in [0.15, 0.2) is 6.61 Å². The van der Waals surface area contributed by atoms with E-state index in [0.29, 0.717) is 16.4 Å². The van der Waals surface area contributed by atoms with Crippen LogP contribution < -0.4 is 10.2 Å². The van der Waals surface area contributed by atoms with Gasteiger partial charge in [0, 0.05) is 10.9 Å². The first kappa shape index (κ1) is 21.5. The fraction of sp³-hybridized carbons (Fsp3) is 0.0400. The van der Waals surface area contributed by atoms with Crippen LogP contribution in [0.15, 0.2) is 93.9 Å². The number of nitrogens with zero attached hydrogens (tertiary/aromatic N) is 4. The minimum atomic E-state index is -0.464. The molecule has 3 aromatic carbocycles. The predicted molar refractivity (Wildman–Crippen MR) is 129 cm³/mol. The molecule has 0 aliphatic carbocycles. The summed E-state index contributed by atoms with van der Waals surface area (Å²) in [5, 5.41) is 10.7. The number of aromatic nitrogens is 3. The second-order valence-corrected chi connectivity index (χ2v) is 7.98. The summed E-state index contributed by atoms with van der Waals surface area (Å²) in [7, 11) is 0. The highest BCUT2D eigenvalue weighted by atomic mass is 32.1. The van der Waals surface area contributed by atoms with E-state index in [-0.39, 0.29) is 23.9 Å². The summed E-state index contributed by atoms with van der Waals surface area (Å²) in [6.45, 7) is 0.0858. The van der Waals surface area contributed by atoms with Gasteiger partial charge in [0.05, 0.1) is 17.5 Å². The van der Waals surface area contributed by atoms with Crippen molar-refractivity contribution >= 4 is 22.7 Å². The quantitative estimate of drug-likeness (QED) is 0.220. The van der Waals surface area contributed by atoms with Gasteiger partial charge in [0.2, 0.25) is 11.0 Å². The zero-order chi connectivity index (χ0) is 23.2. The number of anilines is 1. The summed E-state index contributed by atoms with van der Waals surface area (Å²) in [5.41, 5.74) is 5.69. The molecule has 9 heteroatoms. The highest BCUT2D eigenvalue weighted by Crippen LogP contribution is 2.25. The molecular formula is C25H18FN5O2S. The minimum absolute atomic E-state index is 0.0858. The van der Waals surface area contributed by atoms with E-state index < -0.39 is 5.82 Å². The molecule has 7 nitrogen and oxygen atoms in total. The average molecular weight is 472 g/mol. The molecule has 0 saturated heterocycles. The van der Waals surface area contributed by atoms with E-state index in [2.05, 4.69) is 25.7 Å². The summed E-state index contributed by atoms with van der Waals surface area (Å²) in [6.07, 6.45) is 1.58. The number of hydrogen-bond donors (Lipinski definition) is 1. The van der Waals surface area contributed by atoms with Crippen LogP contribution >= 0.6 is 11.3 Å². The first-order chi connectivity index (χ1) is 16.7. The van der Waals surface area contributed by atoms with Gasteiger partial charge < -0.3 is 9.26 Å². The number of hydrazone groups is 1. The Balaban J connectivity index is 1.25. The predicted octanol–water partition coefficient (Wildman–Crippen LogP) is 6.02. The van der Waals surface area contributed by atoms with E-state index in [1.165, 1.54) is 17.4 Å². The first-order valence-corrected chi connectivity index (χ1v) is 11.2. The smallest absolute Gasteiger partial charge is 0.264 e. The van der Waals surface area contributed by atoms with Crippen LogP contribution in [0.1, 0.15) is 11.5 Å². The number of thiazole rings is 1. The topological polar surface area (TPSA) is 85.4 Å². The molecule has 0 aliphatic heterocycles. The third-order valence-electron chi connectivity index (χ3n) is 4.75. The summed E-state index contributed by atoms with van der Waals surface area (Å²) in [4.78, 5) is 8.77. The molecule has 0 atom stereocenters. The highest BCUT2D eigenvalue weighted by Gasteiger charge is 2.14. The summed E-state index contributed by atoms with van der Waals surface area (Å²) in [5.74, 6) is 0.598. The Hall–Kier alpha value is -4.37. The fourth-order valence-corrected chi connectivity index (χ4v) is 3.78. The van der Waals surface area contributed by atoms with Crippen LogP contribution in [-0.4, -0.2) is 21.3 Å². The van der Waals surface area contributed by atoms with Gasteiger partial charge in [-0.1, -0.05) is 59.8 Å². The molecule has 0 aliphatic rings. The van der Waals surface area contributed by atoms with Crippen LogP contribution in [0.2, 0.25) is 0 Å². The molecule has 168 valence electrons. The molecule has 1 N–H and O–H groups in total. The summed E-state index contributed by atoms with van der Waals surface area (Å²) in [6, 6.07) is 23.7. The number of para-hydroxylation sites is 1. The van der Waals surface area contributed by atoms with E-state index in [1.54, 1.807) is 18.3 Å². The van der Waals surface area contributed by atoms with Crippen molar-refractivity contribution in [3.63, 3.8) is 0 Å². The van der Waals surface area contributed by atoms with Crippen LogP contribution in [0.3, 0.4) is 0 Å². The van der Waals surface area contributed by atoms with Crippen LogP contribution in [0.25, 0.3) is 22.6 Å². The Bertz CT molecular complexity index is 1400. The Labute approximate surface area is 198 Å². The third-order valence-corrected chi connectivity index (χ3v) is 5.50. The number of nitrogens with one attached hydrogen (secondary N) is 1. The molecule has 34 heavy (non-hydrogen) atoms. The van der Waals surface area contributed by atoms with Gasteiger partial charge >= 0.3 is 0 Å². The standard InChI is InChI=1S/C25H18FN5O2S/c26-21-12-11-17(14-27-30-25-28-22(16-34-25)18-7-3-1-4-8-18)13-20(21)24-29-23(33-31-24)15-32-19-9-5-2-6-10-19/h1-14,16H,15H2,(H,28,30). The zero-order valence-electron chi connectivity index (χ0n) is 17.8. The fourth-order valence-electron chi connectivity index (χ4n) is 3.11. The second kappa shape index (κ2) is 10.1. The summed E-state index contributed by atoms with van der Waals surface area (Å²) >= 11 is 1.45. The number of hydrogen-bond acceptors (Lipinski definition) is 8. The minimum Gasteiger partial charge on any atom is -0.484 e. The lowest BCUT2D eigenvalue weighted by Crippen LogP contribution is -1.96. The molecule has 0 fully saturated rings. The normalized spacial score (nSPS) is 11.1. The van der Waals surface area contributed by atoms with Crippen molar-refractivity contribution in [1.82, 2.24) is 15.1 Å². The van der Waals surface area contributed by atoms with Crippen molar-refractivity contribution in [2.45, 2.75) is 6.61 Å². The molecule has 0 radical (unpaired) electrons. The Kier molecular flexibility index (Phi) is 6.35. The van der Waals surface area contributed by atoms with Crippen LogP contribution in [-0.2, 0) is 6.61 Å². The molecule has 2 heterocycles. The molecule has 0 unspecified atom stereocenters. The number of benzene rings is 3. The van der Waals surface area contributed by atoms with Gasteiger partial charge in [-0.2, -0.15) is 10.1 Å². The van der Waals surface area contributed by atoms with Crippen molar-refractivity contribution in [2.75, 3.05) is 5.43 Å². The average Bonchev–Trinajstić information content (AvgIpc) is 3.55. The van der Waals surface area contributed by atoms with E-state index in [9.17, 15) is 4.39 Å². The van der Waals surface area contributed by atoms with Crippen molar-refractivity contribution in [3.05, 3.63) is 102 Å². The molecule has 2 aromatic heterocycles. The maximum atomic E-state index is 14.4. The van der Waals surface area contributed by atoms with Gasteiger partial charge in [-0.3, -0.25) is 5.43 Å². The molecule has 5 rings (SSSR count). The van der Waals surface area contributed by atoms with E-state index >= 15 is 0 Å². The second-order valence-electron chi connectivity index (χ2n) is 7.13. The van der Waals surface area contributed by atoms with Crippen molar-refractivity contribution < 1.29 is 13.7 Å². The van der Waals surface area contributed by atoms with Crippen LogP contribution in [0.5, 0.6) is 5.75 Å². The van der Waals surface area contributed by atoms with E-state index in [0.717, 1.165) is 11.3 Å². The zero-order valence-corrected chi connectivity index (χ0v) is 18.6. The monoisotopic (exact) mass is 471 g/mol. The number of rotatable bonds is 8. The maximum absolute atomic E-state index is 14.4. The van der Waals surface area contributed by atoms with E-state index in [4.69, 9.17) is 9.26 Å². The van der Waals surface area contributed by atoms with Crippen molar-refractivity contribution in [1.29, 1.82) is 0 Å². The van der Waals surface area contributed by atoms with Gasteiger partial charge in [-0.25, -0.2) is 9.37 Å². The first-order valence-electron chi connectivity index (χ1n) is 10.3. The number of halogens is 1. The maximum Gasteiger partial charge on any atom is 0.264 e. The summed E-state index contributed by atoms with van der Waals surface area (Å²) < 4.78 is 25.2. The molecule has 0 amide bonds. The van der Waals surface area contributed by atoms with E-state index in [1.807, 2.05) is 66.0 Å². The van der Waals surface area contributed by atoms with Crippen molar-refractivity contribution in [3.8, 4) is 28.4 Å². The SMILES string of the molecule is Fc1ccc(C=NNc2nc(-c3ccccc3)cs2)cc1-c1noc(COc2ccccc2)n1. The Morgan fingerprint density at radius 2 is 1.79 bits per heavy atom. The van der Waals surface area contributed by atoms with Gasteiger partial charge in [-0.15, -0.1) is 11.3 Å². The number of ether oxygens (including phenoxy) is 1. The largest absolute Gasteiger partial charge is 0.484 e. The lowest BCUT2D eigenvalue weighted by molar-refractivity contribution is 0.243. The molecule has 0 spiro atoms. The molecular weight excluding hydrogens is 453 g/mol. The van der Waals surface area contributed by atoms with Crippen LogP contribution in [0.4, 0.5) is 9.52 Å².